The fourth-order valence-corrected chi connectivity index (χ4v) is 2.23. The smallest absolute Gasteiger partial charge is 0.156 e. The van der Waals surface area contributed by atoms with E-state index in [4.69, 9.17) is 11.6 Å². The van der Waals surface area contributed by atoms with Crippen molar-refractivity contribution in [1.29, 1.82) is 0 Å². The van der Waals surface area contributed by atoms with Crippen molar-refractivity contribution in [2.24, 2.45) is 0 Å². The minimum absolute atomic E-state index is 0.374. The maximum Gasteiger partial charge on any atom is 0.156 e. The lowest BCUT2D eigenvalue weighted by Crippen LogP contribution is -2.23. The zero-order chi connectivity index (χ0) is 14.8. The van der Waals surface area contributed by atoms with Gasteiger partial charge in [-0.05, 0) is 24.3 Å². The minimum atomic E-state index is 0.374. The first-order valence-electron chi connectivity index (χ1n) is 6.85. The predicted octanol–water partition coefficient (Wildman–Crippen LogP) is 2.97. The minimum Gasteiger partial charge on any atom is -0.309 e. The molecule has 2 heterocycles. The molecule has 2 aromatic heterocycles. The molecule has 0 aliphatic heterocycles. The first kappa shape index (κ1) is 14.0. The summed E-state index contributed by atoms with van der Waals surface area (Å²) in [6.07, 6.45) is 0. The molecule has 3 rings (SSSR count). The summed E-state index contributed by atoms with van der Waals surface area (Å²) in [6, 6.07) is 11.9. The fraction of sp³-hybridized carbons (Fsp3) is 0.267. The highest BCUT2D eigenvalue weighted by molar-refractivity contribution is 6.31. The van der Waals surface area contributed by atoms with Gasteiger partial charge in [-0.15, -0.1) is 5.10 Å². The predicted molar refractivity (Wildman–Crippen MR) is 83.6 cm³/mol. The molecule has 0 bridgehead atoms. The Morgan fingerprint density at radius 1 is 1.19 bits per heavy atom. The van der Waals surface area contributed by atoms with Gasteiger partial charge in [-0.25, -0.2) is 4.98 Å². The third-order valence-corrected chi connectivity index (χ3v) is 3.49. The monoisotopic (exact) mass is 301 g/mol. The maximum absolute atomic E-state index is 6.21. The van der Waals surface area contributed by atoms with Gasteiger partial charge in [0.05, 0.1) is 16.2 Å². The molecule has 21 heavy (non-hydrogen) atoms. The van der Waals surface area contributed by atoms with Gasteiger partial charge in [-0.3, -0.25) is 0 Å². The second-order valence-electron chi connectivity index (χ2n) is 5.12. The summed E-state index contributed by atoms with van der Waals surface area (Å²) < 4.78 is 1.73. The molecule has 0 radical (unpaired) electrons. The van der Waals surface area contributed by atoms with E-state index >= 15 is 0 Å². The zero-order valence-corrected chi connectivity index (χ0v) is 12.7. The highest BCUT2D eigenvalue weighted by Crippen LogP contribution is 2.19. The van der Waals surface area contributed by atoms with Gasteiger partial charge >= 0.3 is 0 Å². The number of fused-ring (bicyclic) bond motifs is 1. The van der Waals surface area contributed by atoms with Crippen molar-refractivity contribution in [3.05, 3.63) is 47.1 Å². The number of rotatable bonds is 4. The van der Waals surface area contributed by atoms with Crippen molar-refractivity contribution < 1.29 is 0 Å². The number of halogens is 1. The average molecular weight is 302 g/mol. The van der Waals surface area contributed by atoms with Gasteiger partial charge in [0, 0.05) is 12.6 Å². The van der Waals surface area contributed by atoms with E-state index < -0.39 is 0 Å². The molecule has 3 aromatic rings. The van der Waals surface area contributed by atoms with Gasteiger partial charge in [-0.2, -0.15) is 4.68 Å². The van der Waals surface area contributed by atoms with E-state index in [0.717, 1.165) is 16.7 Å². The number of nitrogens with one attached hydrogen (secondary N) is 1. The van der Waals surface area contributed by atoms with E-state index in [0.29, 0.717) is 23.4 Å². The van der Waals surface area contributed by atoms with Crippen LogP contribution in [0.1, 0.15) is 19.5 Å². The van der Waals surface area contributed by atoms with Crippen LogP contribution in [0.5, 0.6) is 0 Å². The highest BCUT2D eigenvalue weighted by atomic mass is 35.5. The first-order chi connectivity index (χ1) is 10.1. The number of hydrogen-bond donors (Lipinski definition) is 1. The van der Waals surface area contributed by atoms with Gasteiger partial charge in [0.15, 0.2) is 5.82 Å². The quantitative estimate of drug-likeness (QED) is 0.805. The molecule has 0 aliphatic carbocycles. The molecule has 1 N–H and O–H groups in total. The van der Waals surface area contributed by atoms with Crippen LogP contribution >= 0.6 is 11.6 Å². The SMILES string of the molecule is CC(C)NCc1nc(-n2nnc3ccccc32)ccc1Cl. The summed E-state index contributed by atoms with van der Waals surface area (Å²) in [5.41, 5.74) is 2.58. The molecule has 0 spiro atoms. The summed E-state index contributed by atoms with van der Waals surface area (Å²) in [5, 5.41) is 12.3. The lowest BCUT2D eigenvalue weighted by Gasteiger charge is -2.10. The number of para-hydroxylation sites is 1. The Kier molecular flexibility index (Phi) is 3.86. The van der Waals surface area contributed by atoms with E-state index in [2.05, 4.69) is 34.5 Å². The van der Waals surface area contributed by atoms with Crippen LogP contribution in [-0.4, -0.2) is 26.0 Å². The largest absolute Gasteiger partial charge is 0.309 e. The molecular formula is C15H16ClN5. The van der Waals surface area contributed by atoms with Crippen LogP contribution in [0.25, 0.3) is 16.9 Å². The lowest BCUT2D eigenvalue weighted by molar-refractivity contribution is 0.580. The molecule has 1 aromatic carbocycles. The molecule has 5 nitrogen and oxygen atoms in total. The number of benzene rings is 1. The molecule has 6 heteroatoms. The Bertz CT molecular complexity index is 766. The second kappa shape index (κ2) is 5.79. The number of pyridine rings is 1. The van der Waals surface area contributed by atoms with E-state index in [1.54, 1.807) is 4.68 Å². The van der Waals surface area contributed by atoms with Crippen LogP contribution in [-0.2, 0) is 6.54 Å². The van der Waals surface area contributed by atoms with Gasteiger partial charge < -0.3 is 5.32 Å². The van der Waals surface area contributed by atoms with Crippen LogP contribution in [0.2, 0.25) is 5.02 Å². The van der Waals surface area contributed by atoms with Gasteiger partial charge in [0.1, 0.15) is 5.52 Å². The van der Waals surface area contributed by atoms with E-state index in [9.17, 15) is 0 Å². The summed E-state index contributed by atoms with van der Waals surface area (Å²) in [5.74, 6) is 0.716. The third-order valence-electron chi connectivity index (χ3n) is 3.15. The van der Waals surface area contributed by atoms with Crippen molar-refractivity contribution in [2.75, 3.05) is 0 Å². The van der Waals surface area contributed by atoms with E-state index in [1.807, 2.05) is 36.4 Å². The van der Waals surface area contributed by atoms with Gasteiger partial charge in [0.2, 0.25) is 0 Å². The van der Waals surface area contributed by atoms with Crippen LogP contribution in [0.15, 0.2) is 36.4 Å². The van der Waals surface area contributed by atoms with E-state index in [1.165, 1.54) is 0 Å². The topological polar surface area (TPSA) is 55.6 Å². The molecule has 0 atom stereocenters. The molecule has 108 valence electrons. The number of hydrogen-bond acceptors (Lipinski definition) is 4. The molecule has 0 saturated heterocycles. The summed E-state index contributed by atoms with van der Waals surface area (Å²) in [4.78, 5) is 4.60. The Labute approximate surface area is 127 Å². The van der Waals surface area contributed by atoms with Crippen molar-refractivity contribution in [3.63, 3.8) is 0 Å². The van der Waals surface area contributed by atoms with Crippen molar-refractivity contribution >= 4 is 22.6 Å². The standard InChI is InChI=1S/C15H16ClN5/c1-10(2)17-9-13-11(16)7-8-15(18-13)21-14-6-4-3-5-12(14)19-20-21/h3-8,10,17H,9H2,1-2H3. The van der Waals surface area contributed by atoms with Crippen LogP contribution in [0.3, 0.4) is 0 Å². The Morgan fingerprint density at radius 2 is 2.00 bits per heavy atom. The fourth-order valence-electron chi connectivity index (χ4n) is 2.05. The molecule has 0 aliphatic rings. The summed E-state index contributed by atoms with van der Waals surface area (Å²) in [7, 11) is 0. The van der Waals surface area contributed by atoms with Gasteiger partial charge in [-0.1, -0.05) is 42.8 Å². The van der Waals surface area contributed by atoms with Crippen LogP contribution < -0.4 is 5.32 Å². The van der Waals surface area contributed by atoms with Crippen molar-refractivity contribution in [2.45, 2.75) is 26.4 Å². The first-order valence-corrected chi connectivity index (χ1v) is 7.22. The highest BCUT2D eigenvalue weighted by Gasteiger charge is 2.10. The summed E-state index contributed by atoms with van der Waals surface area (Å²) >= 11 is 6.21. The Hall–Kier alpha value is -1.98. The Morgan fingerprint density at radius 3 is 2.81 bits per heavy atom. The second-order valence-corrected chi connectivity index (χ2v) is 5.53. The van der Waals surface area contributed by atoms with E-state index in [-0.39, 0.29) is 0 Å². The van der Waals surface area contributed by atoms with Crippen molar-refractivity contribution in [3.8, 4) is 5.82 Å². The molecule has 0 fully saturated rings. The lowest BCUT2D eigenvalue weighted by atomic mass is 10.3. The normalized spacial score (nSPS) is 11.4. The number of nitrogens with zero attached hydrogens (tertiary/aromatic N) is 4. The van der Waals surface area contributed by atoms with Crippen molar-refractivity contribution in [1.82, 2.24) is 25.3 Å². The van der Waals surface area contributed by atoms with Gasteiger partial charge in [0.25, 0.3) is 0 Å². The molecular weight excluding hydrogens is 286 g/mol. The number of aromatic nitrogens is 4. The zero-order valence-electron chi connectivity index (χ0n) is 11.9. The third kappa shape index (κ3) is 2.89. The molecule has 0 saturated carbocycles. The molecule has 0 amide bonds. The van der Waals surface area contributed by atoms with Crippen LogP contribution in [0.4, 0.5) is 0 Å². The average Bonchev–Trinajstić information content (AvgIpc) is 2.90. The summed E-state index contributed by atoms with van der Waals surface area (Å²) in [6.45, 7) is 4.79. The maximum atomic E-state index is 6.21. The van der Waals surface area contributed by atoms with Crippen LogP contribution in [0, 0.1) is 0 Å². The Balaban J connectivity index is 2.00. The molecule has 0 unspecified atom stereocenters.